The average molecular weight is 462 g/mol. The van der Waals surface area contributed by atoms with E-state index in [1.807, 2.05) is 17.0 Å². The molecular formula is C23H28ClN3O5. The number of hydrogen-bond donors (Lipinski definition) is 0. The summed E-state index contributed by atoms with van der Waals surface area (Å²) in [7, 11) is 0. The molecule has 8 nitrogen and oxygen atoms in total. The summed E-state index contributed by atoms with van der Waals surface area (Å²) < 4.78 is 16.7. The van der Waals surface area contributed by atoms with Crippen LogP contribution in [0.1, 0.15) is 35.6 Å². The van der Waals surface area contributed by atoms with E-state index in [1.165, 1.54) is 6.26 Å². The van der Waals surface area contributed by atoms with Gasteiger partial charge in [0.25, 0.3) is 5.91 Å². The highest BCUT2D eigenvalue weighted by Crippen LogP contribution is 2.37. The highest BCUT2D eigenvalue weighted by Gasteiger charge is 2.40. The van der Waals surface area contributed by atoms with Crippen molar-refractivity contribution in [3.8, 4) is 5.75 Å². The lowest BCUT2D eigenvalue weighted by atomic mass is 9.75. The normalized spacial score (nSPS) is 18.4. The second-order valence-corrected chi connectivity index (χ2v) is 8.89. The van der Waals surface area contributed by atoms with E-state index >= 15 is 0 Å². The van der Waals surface area contributed by atoms with Gasteiger partial charge in [-0.1, -0.05) is 11.6 Å². The number of oxazole rings is 1. The molecule has 2 aliphatic heterocycles. The van der Waals surface area contributed by atoms with Gasteiger partial charge in [-0.25, -0.2) is 4.98 Å². The Labute approximate surface area is 192 Å². The van der Waals surface area contributed by atoms with E-state index in [1.54, 1.807) is 24.0 Å². The lowest BCUT2D eigenvalue weighted by Gasteiger charge is -2.42. The van der Waals surface area contributed by atoms with Gasteiger partial charge in [0.15, 0.2) is 11.6 Å². The fourth-order valence-corrected chi connectivity index (χ4v) is 4.32. The van der Waals surface area contributed by atoms with Crippen LogP contribution in [0.4, 0.5) is 0 Å². The van der Waals surface area contributed by atoms with Crippen LogP contribution in [0.15, 0.2) is 34.9 Å². The molecule has 0 spiro atoms. The maximum atomic E-state index is 13.1. The molecule has 0 N–H and O–H groups in total. The number of hydrogen-bond acceptors (Lipinski definition) is 6. The Morgan fingerprint density at radius 2 is 1.78 bits per heavy atom. The Bertz CT molecular complexity index is 931. The third-order valence-corrected chi connectivity index (χ3v) is 6.45. The zero-order valence-electron chi connectivity index (χ0n) is 18.2. The molecule has 0 bridgehead atoms. The van der Waals surface area contributed by atoms with Crippen molar-refractivity contribution in [3.63, 3.8) is 0 Å². The molecule has 0 aliphatic carbocycles. The van der Waals surface area contributed by atoms with Crippen molar-refractivity contribution < 1.29 is 23.5 Å². The zero-order valence-corrected chi connectivity index (χ0v) is 19.0. The summed E-state index contributed by atoms with van der Waals surface area (Å²) >= 11 is 5.98. The molecule has 3 heterocycles. The van der Waals surface area contributed by atoms with Crippen molar-refractivity contribution in [2.45, 2.75) is 26.2 Å². The van der Waals surface area contributed by atoms with Crippen LogP contribution in [-0.4, -0.2) is 72.6 Å². The molecule has 172 valence electrons. The maximum Gasteiger partial charge on any atom is 0.275 e. The summed E-state index contributed by atoms with van der Waals surface area (Å²) in [5, 5.41) is 0.643. The Kier molecular flexibility index (Phi) is 7.01. The van der Waals surface area contributed by atoms with E-state index in [-0.39, 0.29) is 17.2 Å². The lowest BCUT2D eigenvalue weighted by molar-refractivity contribution is -0.139. The highest BCUT2D eigenvalue weighted by molar-refractivity contribution is 6.30. The molecule has 0 saturated carbocycles. The van der Waals surface area contributed by atoms with Crippen LogP contribution in [0, 0.1) is 12.3 Å². The monoisotopic (exact) mass is 461 g/mol. The number of nitrogens with zero attached hydrogens (tertiary/aromatic N) is 3. The molecule has 2 amide bonds. The number of morpholine rings is 1. The fraction of sp³-hybridized carbons (Fsp3) is 0.522. The minimum absolute atomic E-state index is 0.111. The van der Waals surface area contributed by atoms with Gasteiger partial charge in [-0.15, -0.1) is 0 Å². The van der Waals surface area contributed by atoms with Crippen molar-refractivity contribution in [1.29, 1.82) is 0 Å². The Balaban J connectivity index is 1.44. The number of halogens is 1. The first-order valence-corrected chi connectivity index (χ1v) is 11.3. The van der Waals surface area contributed by atoms with Crippen LogP contribution in [0.2, 0.25) is 5.02 Å². The van der Waals surface area contributed by atoms with Crippen molar-refractivity contribution >= 4 is 23.4 Å². The molecular weight excluding hydrogens is 434 g/mol. The van der Waals surface area contributed by atoms with Crippen LogP contribution in [0.25, 0.3) is 0 Å². The number of ether oxygens (including phenoxy) is 2. The second-order valence-electron chi connectivity index (χ2n) is 8.46. The summed E-state index contributed by atoms with van der Waals surface area (Å²) in [6, 6.07) is 7.21. The second kappa shape index (κ2) is 9.92. The molecule has 1 aromatic carbocycles. The molecule has 9 heteroatoms. The molecule has 2 aromatic rings. The van der Waals surface area contributed by atoms with Crippen LogP contribution in [0.3, 0.4) is 0 Å². The van der Waals surface area contributed by atoms with Gasteiger partial charge < -0.3 is 23.7 Å². The van der Waals surface area contributed by atoms with Gasteiger partial charge in [-0.3, -0.25) is 9.59 Å². The van der Waals surface area contributed by atoms with Gasteiger partial charge in [0.05, 0.1) is 19.8 Å². The van der Waals surface area contributed by atoms with E-state index in [9.17, 15) is 9.59 Å². The summed E-state index contributed by atoms with van der Waals surface area (Å²) in [5.41, 5.74) is -0.0391. The van der Waals surface area contributed by atoms with Gasteiger partial charge in [0.1, 0.15) is 12.0 Å². The number of carbonyl (C=O) groups is 2. The zero-order chi connectivity index (χ0) is 22.6. The molecule has 0 unspecified atom stereocenters. The third-order valence-electron chi connectivity index (χ3n) is 6.20. The van der Waals surface area contributed by atoms with E-state index in [4.69, 9.17) is 25.5 Å². The quantitative estimate of drug-likeness (QED) is 0.656. The first-order chi connectivity index (χ1) is 15.4. The predicted octanol–water partition coefficient (Wildman–Crippen LogP) is 3.19. The molecule has 2 fully saturated rings. The van der Waals surface area contributed by atoms with Gasteiger partial charge in [-0.05, 0) is 37.1 Å². The molecule has 4 rings (SSSR count). The van der Waals surface area contributed by atoms with Gasteiger partial charge in [-0.2, -0.15) is 0 Å². The Hall–Kier alpha value is -2.58. The number of carbonyl (C=O) groups excluding carboxylic acids is 2. The van der Waals surface area contributed by atoms with Crippen LogP contribution in [0.5, 0.6) is 5.75 Å². The molecule has 0 atom stereocenters. The van der Waals surface area contributed by atoms with E-state index in [0.717, 1.165) is 0 Å². The van der Waals surface area contributed by atoms with Crippen LogP contribution in [-0.2, 0) is 9.53 Å². The van der Waals surface area contributed by atoms with E-state index in [2.05, 4.69) is 4.98 Å². The number of likely N-dealkylation sites (tertiary alicyclic amines) is 1. The summed E-state index contributed by atoms with van der Waals surface area (Å²) in [5.74, 6) is 1.14. The minimum Gasteiger partial charge on any atom is -0.493 e. The largest absolute Gasteiger partial charge is 0.493 e. The summed E-state index contributed by atoms with van der Waals surface area (Å²) in [6.45, 7) is 5.54. The molecule has 0 radical (unpaired) electrons. The van der Waals surface area contributed by atoms with E-state index < -0.39 is 0 Å². The molecule has 2 saturated heterocycles. The predicted molar refractivity (Wildman–Crippen MR) is 118 cm³/mol. The highest BCUT2D eigenvalue weighted by atomic mass is 35.5. The van der Waals surface area contributed by atoms with Crippen molar-refractivity contribution in [3.05, 3.63) is 47.1 Å². The Morgan fingerprint density at radius 1 is 1.09 bits per heavy atom. The topological polar surface area (TPSA) is 85.1 Å². The number of piperidine rings is 1. The minimum atomic E-state index is -0.356. The smallest absolute Gasteiger partial charge is 0.275 e. The number of aryl methyl sites for hydroxylation is 1. The Morgan fingerprint density at radius 3 is 2.41 bits per heavy atom. The SMILES string of the molecule is Cc1nc(C(=O)N2CCC(COc3ccc(Cl)cc3)(CC(=O)N3CCOCC3)CC2)co1. The first kappa shape index (κ1) is 22.6. The summed E-state index contributed by atoms with van der Waals surface area (Å²) in [4.78, 5) is 33.6. The number of aromatic nitrogens is 1. The maximum absolute atomic E-state index is 13.1. The van der Waals surface area contributed by atoms with Gasteiger partial charge >= 0.3 is 0 Å². The van der Waals surface area contributed by atoms with Crippen molar-refractivity contribution in [2.24, 2.45) is 5.41 Å². The average Bonchev–Trinajstić information content (AvgIpc) is 3.26. The van der Waals surface area contributed by atoms with E-state index in [0.29, 0.717) is 87.6 Å². The molecule has 32 heavy (non-hydrogen) atoms. The third kappa shape index (κ3) is 5.42. The standard InChI is InChI=1S/C23H28ClN3O5/c1-17-25-20(15-31-17)22(29)27-8-6-23(7-9-27,14-21(28)26-10-12-30-13-11-26)16-32-19-4-2-18(24)3-5-19/h2-5,15H,6-14,16H2,1H3. The summed E-state index contributed by atoms with van der Waals surface area (Å²) in [6.07, 6.45) is 3.11. The van der Waals surface area contributed by atoms with Gasteiger partial charge in [0, 0.05) is 50.0 Å². The first-order valence-electron chi connectivity index (χ1n) is 10.9. The van der Waals surface area contributed by atoms with Crippen LogP contribution < -0.4 is 4.74 Å². The number of amides is 2. The fourth-order valence-electron chi connectivity index (χ4n) is 4.19. The van der Waals surface area contributed by atoms with Crippen molar-refractivity contribution in [2.75, 3.05) is 46.0 Å². The molecule has 1 aromatic heterocycles. The van der Waals surface area contributed by atoms with Crippen molar-refractivity contribution in [1.82, 2.24) is 14.8 Å². The lowest BCUT2D eigenvalue weighted by Crippen LogP contribution is -2.49. The van der Waals surface area contributed by atoms with Crippen LogP contribution >= 0.6 is 11.6 Å². The molecule has 2 aliphatic rings. The number of rotatable bonds is 6. The number of benzene rings is 1. The van der Waals surface area contributed by atoms with Gasteiger partial charge in [0.2, 0.25) is 5.91 Å².